The van der Waals surface area contributed by atoms with Crippen LogP contribution in [0.15, 0.2) is 79.0 Å². The molecular formula is C27H24F3N5O2. The number of rotatable bonds is 6. The Morgan fingerprint density at radius 3 is 2.38 bits per heavy atom. The first kappa shape index (κ1) is 25.5. The second kappa shape index (κ2) is 11.0. The van der Waals surface area contributed by atoms with Gasteiger partial charge in [0.1, 0.15) is 17.2 Å². The predicted octanol–water partition coefficient (Wildman–Crippen LogP) is 7.61. The molecule has 0 atom stereocenters. The van der Waals surface area contributed by atoms with E-state index in [0.29, 0.717) is 23.1 Å². The summed E-state index contributed by atoms with van der Waals surface area (Å²) in [5, 5.41) is 10.5. The molecule has 0 bridgehead atoms. The maximum absolute atomic E-state index is 12.9. The van der Waals surface area contributed by atoms with Crippen LogP contribution in [0.4, 0.5) is 24.8 Å². The van der Waals surface area contributed by atoms with Gasteiger partial charge in [-0.1, -0.05) is 19.9 Å². The number of H-pyrrole nitrogens is 1. The normalized spacial score (nSPS) is 11.0. The van der Waals surface area contributed by atoms with Gasteiger partial charge in [0, 0.05) is 28.9 Å². The van der Waals surface area contributed by atoms with Crippen LogP contribution >= 0.6 is 0 Å². The third-order valence-electron chi connectivity index (χ3n) is 5.20. The van der Waals surface area contributed by atoms with Crippen molar-refractivity contribution in [2.75, 3.05) is 12.4 Å². The number of pyridine rings is 1. The second-order valence-electron chi connectivity index (χ2n) is 7.53. The van der Waals surface area contributed by atoms with E-state index in [0.717, 1.165) is 28.6 Å². The minimum Gasteiger partial charge on any atom is -0.497 e. The molecule has 0 aliphatic carbocycles. The fourth-order valence-corrected chi connectivity index (χ4v) is 3.47. The van der Waals surface area contributed by atoms with E-state index in [4.69, 9.17) is 9.47 Å². The lowest BCUT2D eigenvalue weighted by molar-refractivity contribution is -0.137. The molecule has 190 valence electrons. The van der Waals surface area contributed by atoms with Crippen LogP contribution in [0.1, 0.15) is 19.4 Å². The van der Waals surface area contributed by atoms with E-state index in [1.165, 1.54) is 12.1 Å². The van der Waals surface area contributed by atoms with Crippen LogP contribution in [-0.2, 0) is 6.18 Å². The summed E-state index contributed by atoms with van der Waals surface area (Å²) >= 11 is 0. The van der Waals surface area contributed by atoms with Crippen LogP contribution in [-0.4, -0.2) is 27.3 Å². The van der Waals surface area contributed by atoms with Crippen molar-refractivity contribution in [3.63, 3.8) is 0 Å². The Hall–Kier alpha value is -4.60. The minimum absolute atomic E-state index is 0.151. The Balaban J connectivity index is 0.00000156. The van der Waals surface area contributed by atoms with Crippen molar-refractivity contribution in [3.05, 3.63) is 84.6 Å². The average molecular weight is 508 g/mol. The van der Waals surface area contributed by atoms with Crippen molar-refractivity contribution in [1.29, 1.82) is 0 Å². The summed E-state index contributed by atoms with van der Waals surface area (Å²) < 4.78 is 50.1. The molecule has 0 saturated heterocycles. The van der Waals surface area contributed by atoms with Gasteiger partial charge in [-0.15, -0.1) is 5.10 Å². The summed E-state index contributed by atoms with van der Waals surface area (Å²) in [6, 6.07) is 19.4. The quantitative estimate of drug-likeness (QED) is 0.246. The molecule has 2 aromatic heterocycles. The van der Waals surface area contributed by atoms with Gasteiger partial charge in [0.05, 0.1) is 18.2 Å². The van der Waals surface area contributed by atoms with E-state index < -0.39 is 11.7 Å². The van der Waals surface area contributed by atoms with Gasteiger partial charge in [-0.2, -0.15) is 18.2 Å². The van der Waals surface area contributed by atoms with Crippen LogP contribution < -0.4 is 14.8 Å². The first-order valence-corrected chi connectivity index (χ1v) is 11.5. The number of aromatic amines is 1. The lowest BCUT2D eigenvalue weighted by Gasteiger charge is -2.10. The number of anilines is 2. The topological polar surface area (TPSA) is 85.0 Å². The Morgan fingerprint density at radius 1 is 0.892 bits per heavy atom. The number of hydrogen-bond acceptors (Lipinski definition) is 6. The molecule has 2 heterocycles. The van der Waals surface area contributed by atoms with E-state index in [1.54, 1.807) is 43.6 Å². The maximum Gasteiger partial charge on any atom is 0.416 e. The van der Waals surface area contributed by atoms with E-state index in [-0.39, 0.29) is 11.6 Å². The Kier molecular flexibility index (Phi) is 7.57. The van der Waals surface area contributed by atoms with Crippen molar-refractivity contribution in [1.82, 2.24) is 20.2 Å². The van der Waals surface area contributed by atoms with E-state index in [1.807, 2.05) is 32.0 Å². The number of halogens is 3. The summed E-state index contributed by atoms with van der Waals surface area (Å²) in [6.07, 6.45) is -2.76. The molecule has 0 aliphatic heterocycles. The van der Waals surface area contributed by atoms with Crippen molar-refractivity contribution in [3.8, 4) is 28.6 Å². The highest BCUT2D eigenvalue weighted by Gasteiger charge is 2.30. The van der Waals surface area contributed by atoms with Gasteiger partial charge in [0.15, 0.2) is 5.82 Å². The first-order chi connectivity index (χ1) is 17.9. The number of aromatic nitrogens is 4. The molecule has 0 fully saturated rings. The number of benzene rings is 3. The molecule has 37 heavy (non-hydrogen) atoms. The number of alkyl halides is 3. The zero-order valence-corrected chi connectivity index (χ0v) is 20.3. The molecule has 0 unspecified atom stereocenters. The SMILES string of the molecule is CC.COc1ccc2c(Oc3ccc(-c4nc(Nc5cccc(C(F)(F)F)c5)n[nH]4)cc3)ccnc2c1. The third kappa shape index (κ3) is 5.97. The first-order valence-electron chi connectivity index (χ1n) is 11.5. The molecule has 5 rings (SSSR count). The van der Waals surface area contributed by atoms with E-state index in [2.05, 4.69) is 25.5 Å². The van der Waals surface area contributed by atoms with Gasteiger partial charge in [0.2, 0.25) is 5.95 Å². The highest BCUT2D eigenvalue weighted by Crippen LogP contribution is 2.33. The van der Waals surface area contributed by atoms with Crippen LogP contribution in [0.3, 0.4) is 0 Å². The highest BCUT2D eigenvalue weighted by molar-refractivity contribution is 5.86. The number of methoxy groups -OCH3 is 1. The van der Waals surface area contributed by atoms with Gasteiger partial charge in [-0.05, 0) is 60.7 Å². The molecule has 0 saturated carbocycles. The minimum atomic E-state index is -4.43. The molecular weight excluding hydrogens is 483 g/mol. The predicted molar refractivity (Wildman–Crippen MR) is 136 cm³/mol. The fraction of sp³-hybridized carbons (Fsp3) is 0.148. The molecule has 10 heteroatoms. The maximum atomic E-state index is 12.9. The van der Waals surface area contributed by atoms with Gasteiger partial charge in [-0.25, -0.2) is 0 Å². The van der Waals surface area contributed by atoms with Gasteiger partial charge in [-0.3, -0.25) is 10.1 Å². The van der Waals surface area contributed by atoms with E-state index >= 15 is 0 Å². The van der Waals surface area contributed by atoms with Gasteiger partial charge in [0.25, 0.3) is 0 Å². The monoisotopic (exact) mass is 507 g/mol. The number of hydrogen-bond donors (Lipinski definition) is 2. The highest BCUT2D eigenvalue weighted by atomic mass is 19.4. The summed E-state index contributed by atoms with van der Waals surface area (Å²) in [5.74, 6) is 2.57. The summed E-state index contributed by atoms with van der Waals surface area (Å²) in [7, 11) is 1.60. The molecule has 0 radical (unpaired) electrons. The number of nitrogens with zero attached hydrogens (tertiary/aromatic N) is 3. The Bertz CT molecular complexity index is 1480. The van der Waals surface area contributed by atoms with Crippen LogP contribution in [0, 0.1) is 0 Å². The smallest absolute Gasteiger partial charge is 0.416 e. The number of fused-ring (bicyclic) bond motifs is 1. The Labute approximate surface area is 211 Å². The zero-order valence-electron chi connectivity index (χ0n) is 20.3. The standard InChI is InChI=1S/C25H18F3N5O2.C2H6/c1-34-19-9-10-20-21(14-19)29-12-11-22(20)35-18-7-5-15(6-8-18)23-31-24(33-32-23)30-17-4-2-3-16(13-17)25(26,27)28;1-2/h2-14H,1H3,(H2,30,31,32,33);1-2H3. The molecule has 2 N–H and O–H groups in total. The zero-order chi connectivity index (χ0) is 26.4. The van der Waals surface area contributed by atoms with Crippen molar-refractivity contribution >= 4 is 22.5 Å². The van der Waals surface area contributed by atoms with Crippen molar-refractivity contribution in [2.24, 2.45) is 0 Å². The lowest BCUT2D eigenvalue weighted by atomic mass is 10.2. The molecule has 0 aliphatic rings. The van der Waals surface area contributed by atoms with Crippen LogP contribution in [0.5, 0.6) is 17.2 Å². The van der Waals surface area contributed by atoms with Crippen LogP contribution in [0.2, 0.25) is 0 Å². The van der Waals surface area contributed by atoms with E-state index in [9.17, 15) is 13.2 Å². The third-order valence-corrected chi connectivity index (χ3v) is 5.20. The molecule has 0 amide bonds. The van der Waals surface area contributed by atoms with Crippen molar-refractivity contribution < 1.29 is 22.6 Å². The second-order valence-corrected chi connectivity index (χ2v) is 7.53. The molecule has 0 spiro atoms. The van der Waals surface area contributed by atoms with Gasteiger partial charge >= 0.3 is 6.18 Å². The lowest BCUT2D eigenvalue weighted by Crippen LogP contribution is -2.05. The molecule has 7 nitrogen and oxygen atoms in total. The molecule has 5 aromatic rings. The molecule has 3 aromatic carbocycles. The fourth-order valence-electron chi connectivity index (χ4n) is 3.47. The average Bonchev–Trinajstić information content (AvgIpc) is 3.38. The summed E-state index contributed by atoms with van der Waals surface area (Å²) in [4.78, 5) is 8.67. The number of nitrogens with one attached hydrogen (secondary N) is 2. The van der Waals surface area contributed by atoms with Crippen LogP contribution in [0.25, 0.3) is 22.3 Å². The Morgan fingerprint density at radius 2 is 1.65 bits per heavy atom. The summed E-state index contributed by atoms with van der Waals surface area (Å²) in [5.41, 5.74) is 0.957. The largest absolute Gasteiger partial charge is 0.497 e. The van der Waals surface area contributed by atoms with Crippen molar-refractivity contribution in [2.45, 2.75) is 20.0 Å². The summed E-state index contributed by atoms with van der Waals surface area (Å²) in [6.45, 7) is 4.00. The number of ether oxygens (including phenoxy) is 2. The van der Waals surface area contributed by atoms with Gasteiger partial charge < -0.3 is 14.8 Å².